The van der Waals surface area contributed by atoms with Gasteiger partial charge in [-0.3, -0.25) is 4.79 Å². The van der Waals surface area contributed by atoms with Crippen molar-refractivity contribution in [1.82, 2.24) is 4.90 Å². The maximum Gasteiger partial charge on any atom is 0.410 e. The molecule has 0 bridgehead atoms. The van der Waals surface area contributed by atoms with Crippen LogP contribution in [0.5, 0.6) is 0 Å². The third kappa shape index (κ3) is 7.35. The molecular weight excluding hydrogens is 370 g/mol. The molecule has 0 aromatic heterocycles. The Balaban J connectivity index is 2.17. The van der Waals surface area contributed by atoms with Gasteiger partial charge in [0.1, 0.15) is 11.2 Å². The number of likely N-dealkylation sites (tertiary alicyclic amines) is 1. The van der Waals surface area contributed by atoms with E-state index in [0.717, 1.165) is 17.5 Å². The molecule has 29 heavy (non-hydrogen) atoms. The molecule has 1 fully saturated rings. The molecule has 0 radical (unpaired) electrons. The van der Waals surface area contributed by atoms with E-state index in [9.17, 15) is 14.7 Å². The van der Waals surface area contributed by atoms with Crippen LogP contribution in [0.3, 0.4) is 0 Å². The second-order valence-electron chi connectivity index (χ2n) is 9.80. The first-order chi connectivity index (χ1) is 13.4. The molecule has 1 aromatic carbocycles. The number of hydrogen-bond acceptors (Lipinski definition) is 5. The van der Waals surface area contributed by atoms with Crippen LogP contribution in [0.2, 0.25) is 0 Å². The summed E-state index contributed by atoms with van der Waals surface area (Å²) < 4.78 is 11.2. The molecule has 6 heteroatoms. The first kappa shape index (κ1) is 23.2. The van der Waals surface area contributed by atoms with E-state index in [4.69, 9.17) is 9.47 Å². The molecule has 1 unspecified atom stereocenters. The maximum atomic E-state index is 13.0. The zero-order chi connectivity index (χ0) is 21.8. The summed E-state index contributed by atoms with van der Waals surface area (Å²) in [6.45, 7) is 12.1. The maximum absolute atomic E-state index is 13.0. The molecule has 1 aromatic rings. The molecule has 0 saturated carbocycles. The predicted molar refractivity (Wildman–Crippen MR) is 111 cm³/mol. The molecule has 1 saturated heterocycles. The number of rotatable bonds is 5. The number of benzene rings is 1. The van der Waals surface area contributed by atoms with Crippen molar-refractivity contribution < 1.29 is 24.2 Å². The SMILES string of the molecule is CC(C)(C)OC(=O)C(Cc1cccc(CO)c1)[C@H]1CCN(C(=O)OC(C)(C)C)C1. The first-order valence-corrected chi connectivity index (χ1v) is 10.3. The Bertz CT molecular complexity index is 717. The summed E-state index contributed by atoms with van der Waals surface area (Å²) in [5.74, 6) is -0.617. The van der Waals surface area contributed by atoms with Gasteiger partial charge in [-0.25, -0.2) is 4.79 Å². The highest BCUT2D eigenvalue weighted by Crippen LogP contribution is 2.30. The number of amides is 1. The van der Waals surface area contributed by atoms with Crippen LogP contribution in [0.25, 0.3) is 0 Å². The monoisotopic (exact) mass is 405 g/mol. The van der Waals surface area contributed by atoms with E-state index < -0.39 is 11.2 Å². The standard InChI is InChI=1S/C23H35NO5/c1-22(2,3)28-20(26)19(13-16-8-7-9-17(12-16)15-25)18-10-11-24(14-18)21(27)29-23(4,5)6/h7-9,12,18-19,25H,10-11,13-15H2,1-6H3/t18-,19?/m0/s1. The topological polar surface area (TPSA) is 76.1 Å². The van der Waals surface area contributed by atoms with Gasteiger partial charge in [-0.15, -0.1) is 0 Å². The van der Waals surface area contributed by atoms with Crippen LogP contribution >= 0.6 is 0 Å². The van der Waals surface area contributed by atoms with E-state index in [1.54, 1.807) is 4.90 Å². The van der Waals surface area contributed by atoms with Crippen molar-refractivity contribution in [2.75, 3.05) is 13.1 Å². The zero-order valence-corrected chi connectivity index (χ0v) is 18.5. The highest BCUT2D eigenvalue weighted by molar-refractivity contribution is 5.74. The van der Waals surface area contributed by atoms with Crippen LogP contribution in [0.1, 0.15) is 59.1 Å². The van der Waals surface area contributed by atoms with Crippen molar-refractivity contribution in [1.29, 1.82) is 0 Å². The molecule has 2 rings (SSSR count). The van der Waals surface area contributed by atoms with Gasteiger partial charge >= 0.3 is 12.1 Å². The van der Waals surface area contributed by atoms with Gasteiger partial charge in [-0.05, 0) is 71.4 Å². The first-order valence-electron chi connectivity index (χ1n) is 10.3. The van der Waals surface area contributed by atoms with E-state index in [2.05, 4.69) is 0 Å². The number of aliphatic hydroxyl groups excluding tert-OH is 1. The molecule has 2 atom stereocenters. The molecule has 0 aliphatic carbocycles. The van der Waals surface area contributed by atoms with Crippen molar-refractivity contribution in [2.45, 2.75) is 72.2 Å². The molecule has 162 valence electrons. The van der Waals surface area contributed by atoms with Gasteiger partial charge < -0.3 is 19.5 Å². The van der Waals surface area contributed by atoms with Crippen molar-refractivity contribution in [2.24, 2.45) is 11.8 Å². The summed E-state index contributed by atoms with van der Waals surface area (Å²) >= 11 is 0. The number of aliphatic hydroxyl groups is 1. The van der Waals surface area contributed by atoms with Gasteiger partial charge in [0, 0.05) is 13.1 Å². The van der Waals surface area contributed by atoms with E-state index in [0.29, 0.717) is 19.5 Å². The third-order valence-corrected chi connectivity index (χ3v) is 4.78. The number of nitrogens with zero attached hydrogens (tertiary/aromatic N) is 1. The van der Waals surface area contributed by atoms with Crippen LogP contribution in [0.15, 0.2) is 24.3 Å². The summed E-state index contributed by atoms with van der Waals surface area (Å²) in [6, 6.07) is 7.61. The summed E-state index contributed by atoms with van der Waals surface area (Å²) in [5, 5.41) is 9.41. The predicted octanol–water partition coefficient (Wildman–Crippen LogP) is 3.94. The van der Waals surface area contributed by atoms with E-state index in [1.807, 2.05) is 65.8 Å². The Morgan fingerprint density at radius 1 is 1.10 bits per heavy atom. The third-order valence-electron chi connectivity index (χ3n) is 4.78. The second kappa shape index (κ2) is 9.16. The lowest BCUT2D eigenvalue weighted by Crippen LogP contribution is -2.38. The quantitative estimate of drug-likeness (QED) is 0.751. The molecule has 1 aliphatic rings. The number of carbonyl (C=O) groups is 2. The fourth-order valence-corrected chi connectivity index (χ4v) is 3.54. The molecule has 0 spiro atoms. The van der Waals surface area contributed by atoms with Gasteiger partial charge in [0.25, 0.3) is 0 Å². The van der Waals surface area contributed by atoms with Gasteiger partial charge in [0.15, 0.2) is 0 Å². The Morgan fingerprint density at radius 3 is 2.31 bits per heavy atom. The minimum atomic E-state index is -0.578. The van der Waals surface area contributed by atoms with Gasteiger partial charge in [0.05, 0.1) is 12.5 Å². The summed E-state index contributed by atoms with van der Waals surface area (Å²) in [4.78, 5) is 27.1. The molecule has 1 heterocycles. The largest absolute Gasteiger partial charge is 0.460 e. The van der Waals surface area contributed by atoms with E-state index >= 15 is 0 Å². The fraction of sp³-hybridized carbons (Fsp3) is 0.652. The average molecular weight is 406 g/mol. The lowest BCUT2D eigenvalue weighted by Gasteiger charge is -2.28. The lowest BCUT2D eigenvalue weighted by atomic mass is 9.85. The minimum absolute atomic E-state index is 0.00449. The molecule has 6 nitrogen and oxygen atoms in total. The highest BCUT2D eigenvalue weighted by Gasteiger charge is 2.39. The second-order valence-corrected chi connectivity index (χ2v) is 9.80. The van der Waals surface area contributed by atoms with Gasteiger partial charge in [-0.1, -0.05) is 24.3 Å². The highest BCUT2D eigenvalue weighted by atomic mass is 16.6. The Kier molecular flexibility index (Phi) is 7.33. The van der Waals surface area contributed by atoms with Crippen molar-refractivity contribution >= 4 is 12.1 Å². The minimum Gasteiger partial charge on any atom is -0.460 e. The number of ether oxygens (including phenoxy) is 2. The zero-order valence-electron chi connectivity index (χ0n) is 18.5. The Morgan fingerprint density at radius 2 is 1.72 bits per heavy atom. The summed E-state index contributed by atoms with van der Waals surface area (Å²) in [7, 11) is 0. The van der Waals surface area contributed by atoms with Gasteiger partial charge in [0.2, 0.25) is 0 Å². The van der Waals surface area contributed by atoms with E-state index in [-0.39, 0.29) is 30.5 Å². The van der Waals surface area contributed by atoms with Crippen LogP contribution in [0.4, 0.5) is 4.79 Å². The van der Waals surface area contributed by atoms with Crippen LogP contribution in [-0.4, -0.2) is 46.4 Å². The van der Waals surface area contributed by atoms with Crippen molar-refractivity contribution in [3.63, 3.8) is 0 Å². The fourth-order valence-electron chi connectivity index (χ4n) is 3.54. The van der Waals surface area contributed by atoms with Gasteiger partial charge in [-0.2, -0.15) is 0 Å². The van der Waals surface area contributed by atoms with Crippen molar-refractivity contribution in [3.8, 4) is 0 Å². The van der Waals surface area contributed by atoms with Crippen LogP contribution in [-0.2, 0) is 27.3 Å². The Labute approximate surface area is 174 Å². The smallest absolute Gasteiger partial charge is 0.410 e. The molecule has 1 N–H and O–H groups in total. The number of esters is 1. The normalized spacial score (nSPS) is 18.4. The van der Waals surface area contributed by atoms with E-state index in [1.165, 1.54) is 0 Å². The average Bonchev–Trinajstić information content (AvgIpc) is 3.06. The Hall–Kier alpha value is -2.08. The van der Waals surface area contributed by atoms with Crippen molar-refractivity contribution in [3.05, 3.63) is 35.4 Å². The number of hydrogen-bond donors (Lipinski definition) is 1. The lowest BCUT2D eigenvalue weighted by molar-refractivity contribution is -0.161. The molecule has 1 amide bonds. The van der Waals surface area contributed by atoms with Crippen LogP contribution < -0.4 is 0 Å². The van der Waals surface area contributed by atoms with Crippen LogP contribution in [0, 0.1) is 11.8 Å². The molecular formula is C23H35NO5. The number of carbonyl (C=O) groups excluding carboxylic acids is 2. The molecule has 1 aliphatic heterocycles. The summed E-state index contributed by atoms with van der Waals surface area (Å²) in [6.07, 6.45) is 0.892. The summed E-state index contributed by atoms with van der Waals surface area (Å²) in [5.41, 5.74) is 0.659.